The van der Waals surface area contributed by atoms with E-state index in [1.165, 1.54) is 69.6 Å². The lowest BCUT2D eigenvalue weighted by Crippen LogP contribution is -2.54. The number of esters is 2. The van der Waals surface area contributed by atoms with Gasteiger partial charge in [-0.2, -0.15) is 8.78 Å². The summed E-state index contributed by atoms with van der Waals surface area (Å²) < 4.78 is 72.8. The number of allylic oxidation sites excluding steroid dienone is 2. The van der Waals surface area contributed by atoms with Crippen molar-refractivity contribution in [1.82, 2.24) is 20.5 Å². The van der Waals surface area contributed by atoms with Gasteiger partial charge in [0.1, 0.15) is 17.9 Å². The topological polar surface area (TPSA) is 307 Å². The SMILES string of the molecule is C/C(=C\C(=O)C[C@H]1CCc2cccc3c2N(C1=O)[C@H](C(=O)N[C@@H](CCC(N)=O)[C@@H](C)OCc1ccc(CCCCC(=O)C[C@H](C(=O)N2C[C@H](O)C[C@H]2C(=O)NCc2ccc(-c4scnc4C)cc2)C(C)(C)C)cc1)C3)c1ccc(C(F)(F)P(=O)(OCOC(=O)C(C)(C)C)OCOC(=O)C(C)(C)C)cc1. The number of hydrogen-bond donors (Lipinski definition) is 4. The maximum Gasteiger partial charge on any atom is 0.410 e. The summed E-state index contributed by atoms with van der Waals surface area (Å²) in [6.45, 7) is 18.2. The third-order valence-corrected chi connectivity index (χ3v) is 21.9. The van der Waals surface area contributed by atoms with Crippen molar-refractivity contribution in [2.45, 2.75) is 209 Å². The van der Waals surface area contributed by atoms with Gasteiger partial charge in [0.15, 0.2) is 5.78 Å². The molecule has 1 aromatic heterocycles. The van der Waals surface area contributed by atoms with Gasteiger partial charge in [0.05, 0.1) is 57.5 Å². The first-order valence-corrected chi connectivity index (χ1v) is 37.7. The fraction of sp³-hybridized carbons (Fsp3) is 0.513. The molecule has 7 atom stereocenters. The number of ketones is 2. The summed E-state index contributed by atoms with van der Waals surface area (Å²) in [6, 6.07) is 23.1. The number of amides is 5. The van der Waals surface area contributed by atoms with E-state index in [1.54, 1.807) is 30.7 Å². The standard InChI is InChI=1S/C78H99F2N6O16PS/c1-47(53-30-32-58(33-31-53)78(79,80)103(97,101-45-99-73(95)76(7,8)9)102-46-100-74(96)77(10,11)12)36-60(88)37-57-29-28-54-17-15-18-56-38-65(86(67(54)56)71(57)93)70(92)84-63(34-35-66(81)90)49(3)98-43-52-22-20-50(21-23-52)16-13-14-19-59(87)39-62(75(4,5)6)72(94)85-42-61(89)40-64(85)69(91)82-41-51-24-26-55(27-25-51)68-48(2)83-44-104-68/h15,17-18,20-27,30-33,36,44,49,57,61-65,89H,13-14,16,19,28-29,34-35,37-43,45-46H2,1-12H3,(H2,81,90)(H,82,91)(H,84,92)/b47-36+/t49-,57-,61-,62-,63+,64+,65+/m1/s1. The molecule has 26 heteroatoms. The van der Waals surface area contributed by atoms with Gasteiger partial charge in [-0.25, -0.2) is 4.98 Å². The van der Waals surface area contributed by atoms with Gasteiger partial charge in [0.25, 0.3) is 0 Å². The number of primary amides is 1. The second-order valence-electron chi connectivity index (χ2n) is 30.5. The average molecular weight is 1480 g/mol. The molecule has 5 amide bonds. The minimum Gasteiger partial charge on any atom is -0.438 e. The van der Waals surface area contributed by atoms with Crippen molar-refractivity contribution >= 4 is 83.2 Å². The fourth-order valence-electron chi connectivity index (χ4n) is 12.8. The summed E-state index contributed by atoms with van der Waals surface area (Å²) in [4.78, 5) is 130. The number of ether oxygens (including phenoxy) is 3. The first-order valence-electron chi connectivity index (χ1n) is 35.3. The normalized spacial score (nSPS) is 18.1. The predicted octanol–water partition coefficient (Wildman–Crippen LogP) is 12.3. The number of para-hydroxylation sites is 1. The van der Waals surface area contributed by atoms with Gasteiger partial charge >= 0.3 is 25.2 Å². The smallest absolute Gasteiger partial charge is 0.410 e. The molecule has 4 aromatic carbocycles. The molecule has 4 heterocycles. The molecule has 0 bridgehead atoms. The van der Waals surface area contributed by atoms with Crippen LogP contribution in [0.5, 0.6) is 0 Å². The predicted molar refractivity (Wildman–Crippen MR) is 389 cm³/mol. The largest absolute Gasteiger partial charge is 0.438 e. The lowest BCUT2D eigenvalue weighted by molar-refractivity contribution is -0.163. The zero-order valence-electron chi connectivity index (χ0n) is 61.5. The number of hydrogen-bond acceptors (Lipinski definition) is 18. The van der Waals surface area contributed by atoms with Gasteiger partial charge in [0.2, 0.25) is 43.1 Å². The Balaban J connectivity index is 0.827. The van der Waals surface area contributed by atoms with E-state index < -0.39 is 126 Å². The number of carbonyl (C=O) groups is 9. The number of halogens is 2. The number of nitrogens with one attached hydrogen (secondary N) is 2. The van der Waals surface area contributed by atoms with E-state index in [9.17, 15) is 52.8 Å². The molecule has 104 heavy (non-hydrogen) atoms. The number of aliphatic hydroxyl groups excluding tert-OH is 1. The summed E-state index contributed by atoms with van der Waals surface area (Å²) in [5.74, 6) is -5.95. The van der Waals surface area contributed by atoms with E-state index in [1.807, 2.05) is 94.4 Å². The Bertz CT molecular complexity index is 3970. The van der Waals surface area contributed by atoms with Gasteiger partial charge in [-0.15, -0.1) is 11.3 Å². The third kappa shape index (κ3) is 21.1. The van der Waals surface area contributed by atoms with Gasteiger partial charge in [0, 0.05) is 69.0 Å². The van der Waals surface area contributed by atoms with Crippen LogP contribution < -0.4 is 21.3 Å². The molecule has 1 fully saturated rings. The van der Waals surface area contributed by atoms with Crippen LogP contribution in [-0.4, -0.2) is 118 Å². The van der Waals surface area contributed by atoms with Crippen LogP contribution >= 0.6 is 18.9 Å². The number of carbonyl (C=O) groups excluding carboxylic acids is 9. The number of aliphatic hydroxyl groups is 1. The molecule has 3 aliphatic rings. The zero-order chi connectivity index (χ0) is 76.2. The van der Waals surface area contributed by atoms with Crippen LogP contribution in [0.25, 0.3) is 16.0 Å². The number of aryl methyl sites for hydroxylation is 3. The van der Waals surface area contributed by atoms with E-state index in [0.717, 1.165) is 56.1 Å². The van der Waals surface area contributed by atoms with Crippen molar-refractivity contribution in [2.75, 3.05) is 25.0 Å². The molecule has 0 saturated carbocycles. The number of aromatic nitrogens is 1. The number of β-amino-alcohol motifs (C(OH)–C–C–N with tert-alkyl or cyclic N) is 1. The number of unbranched alkanes of at least 4 members (excludes halogenated alkanes) is 1. The van der Waals surface area contributed by atoms with Crippen LogP contribution in [0, 0.1) is 35.0 Å². The quantitative estimate of drug-likeness (QED) is 0.00997. The highest BCUT2D eigenvalue weighted by Gasteiger charge is 2.56. The summed E-state index contributed by atoms with van der Waals surface area (Å²) in [5.41, 5.74) is 7.12. The van der Waals surface area contributed by atoms with E-state index in [-0.39, 0.29) is 88.7 Å². The third-order valence-electron chi connectivity index (χ3n) is 19.1. The van der Waals surface area contributed by atoms with Crippen LogP contribution in [0.4, 0.5) is 14.5 Å². The highest BCUT2D eigenvalue weighted by atomic mass is 32.1. The van der Waals surface area contributed by atoms with E-state index >= 15 is 8.78 Å². The molecule has 8 rings (SSSR count). The highest BCUT2D eigenvalue weighted by Crippen LogP contribution is 2.67. The Morgan fingerprint density at radius 3 is 2.01 bits per heavy atom. The molecule has 0 unspecified atom stereocenters. The van der Waals surface area contributed by atoms with Crippen molar-refractivity contribution < 1.29 is 84.9 Å². The van der Waals surface area contributed by atoms with Crippen molar-refractivity contribution in [2.24, 2.45) is 33.8 Å². The van der Waals surface area contributed by atoms with E-state index in [4.69, 9.17) is 29.0 Å². The molecule has 22 nitrogen and oxygen atoms in total. The van der Waals surface area contributed by atoms with Gasteiger partial charge in [-0.1, -0.05) is 112 Å². The number of anilines is 1. The molecular formula is C78H99F2N6O16PS. The van der Waals surface area contributed by atoms with Crippen LogP contribution in [0.2, 0.25) is 0 Å². The van der Waals surface area contributed by atoms with Crippen molar-refractivity contribution in [1.29, 1.82) is 0 Å². The second kappa shape index (κ2) is 34.8. The first-order chi connectivity index (χ1) is 48.8. The molecule has 1 saturated heterocycles. The first kappa shape index (κ1) is 81.5. The second-order valence-corrected chi connectivity index (χ2v) is 33.4. The number of benzene rings is 4. The molecule has 5 aromatic rings. The molecule has 0 aliphatic carbocycles. The Labute approximate surface area is 611 Å². The number of nitrogens with zero attached hydrogens (tertiary/aromatic N) is 3. The van der Waals surface area contributed by atoms with Gasteiger partial charge in [-0.3, -0.25) is 61.7 Å². The Hall–Kier alpha value is -8.19. The average Bonchev–Trinajstić information content (AvgIpc) is 1.63. The zero-order valence-corrected chi connectivity index (χ0v) is 63.2. The number of alkyl halides is 2. The number of thiazole rings is 1. The molecular weight excluding hydrogens is 1380 g/mol. The van der Waals surface area contributed by atoms with E-state index in [2.05, 4.69) is 15.6 Å². The lowest BCUT2D eigenvalue weighted by Gasteiger charge is -2.34. The maximum absolute atomic E-state index is 16.3. The number of likely N-dealkylation sites (tertiary alicyclic amines) is 1. The Morgan fingerprint density at radius 2 is 1.41 bits per heavy atom. The van der Waals surface area contributed by atoms with Crippen LogP contribution in [-0.2, 0) is 109 Å². The van der Waals surface area contributed by atoms with Crippen LogP contribution in [0.3, 0.4) is 0 Å². The fourth-order valence-corrected chi connectivity index (χ4v) is 14.9. The van der Waals surface area contributed by atoms with Crippen LogP contribution in [0.1, 0.15) is 179 Å². The lowest BCUT2D eigenvalue weighted by atomic mass is 9.76. The molecule has 5 N–H and O–H groups in total. The Kier molecular flexibility index (Phi) is 27.3. The Morgan fingerprint density at radius 1 is 0.798 bits per heavy atom. The maximum atomic E-state index is 16.3. The molecule has 562 valence electrons. The number of nitrogens with two attached hydrogens (primary N) is 1. The highest BCUT2D eigenvalue weighted by molar-refractivity contribution is 7.54. The monoisotopic (exact) mass is 1480 g/mol. The minimum atomic E-state index is -5.61. The van der Waals surface area contributed by atoms with Crippen LogP contribution in [0.15, 0.2) is 103 Å². The summed E-state index contributed by atoms with van der Waals surface area (Å²) >= 11 is 1.56. The van der Waals surface area contributed by atoms with Crippen molar-refractivity contribution in [3.8, 4) is 10.4 Å². The molecule has 3 aliphatic heterocycles. The van der Waals surface area contributed by atoms with Crippen molar-refractivity contribution in [3.05, 3.63) is 147 Å². The summed E-state index contributed by atoms with van der Waals surface area (Å²) in [5, 5.41) is 16.8. The molecule has 0 spiro atoms. The minimum absolute atomic E-state index is 0.000260. The van der Waals surface area contributed by atoms with Gasteiger partial charge in [-0.05, 0) is 157 Å². The van der Waals surface area contributed by atoms with Gasteiger partial charge < -0.3 is 40.6 Å². The number of Topliss-reactive ketones (excluding diaryl/α,β-unsaturated/α-hetero) is 1. The number of rotatable bonds is 33. The van der Waals surface area contributed by atoms with Crippen molar-refractivity contribution in [3.63, 3.8) is 0 Å². The summed E-state index contributed by atoms with van der Waals surface area (Å²) in [6.07, 6.45) is 2.82. The molecule has 0 radical (unpaired) electrons. The van der Waals surface area contributed by atoms with E-state index in [0.29, 0.717) is 42.5 Å². The summed E-state index contributed by atoms with van der Waals surface area (Å²) in [7, 11) is -5.61.